The highest BCUT2D eigenvalue weighted by Crippen LogP contribution is 2.41. The largest absolute Gasteiger partial charge is 0.489 e. The summed E-state index contributed by atoms with van der Waals surface area (Å²) >= 11 is 11.2. The molecule has 21 heavy (non-hydrogen) atoms. The van der Waals surface area contributed by atoms with Gasteiger partial charge in [-0.25, -0.2) is 0 Å². The van der Waals surface area contributed by atoms with Crippen LogP contribution < -0.4 is 10.5 Å². The Kier molecular flexibility index (Phi) is 4.38. The van der Waals surface area contributed by atoms with Crippen molar-refractivity contribution in [2.75, 3.05) is 6.61 Å². The van der Waals surface area contributed by atoms with Crippen molar-refractivity contribution in [2.24, 2.45) is 5.73 Å². The van der Waals surface area contributed by atoms with Crippen LogP contribution in [0.15, 0.2) is 18.2 Å². The third kappa shape index (κ3) is 3.33. The van der Waals surface area contributed by atoms with Gasteiger partial charge < -0.3 is 15.2 Å². The van der Waals surface area contributed by atoms with Crippen molar-refractivity contribution in [3.63, 3.8) is 0 Å². The van der Waals surface area contributed by atoms with Gasteiger partial charge in [-0.15, -0.1) is 0 Å². The molecular weight excluding hydrogens is 306 g/mol. The molecule has 1 atom stereocenters. The van der Waals surface area contributed by atoms with E-state index in [1.165, 1.54) is 12.8 Å². The molecule has 1 aromatic carbocycles. The molecule has 1 saturated heterocycles. The molecule has 2 N–H and O–H groups in total. The summed E-state index contributed by atoms with van der Waals surface area (Å²) in [6.07, 6.45) is 6.87. The van der Waals surface area contributed by atoms with Gasteiger partial charge in [0.25, 0.3) is 0 Å². The minimum absolute atomic E-state index is 0.0498. The van der Waals surface area contributed by atoms with Gasteiger partial charge in [0.05, 0.1) is 17.2 Å². The predicted molar refractivity (Wildman–Crippen MR) is 88.1 cm³/mol. The van der Waals surface area contributed by atoms with E-state index in [-0.39, 0.29) is 11.7 Å². The summed E-state index contributed by atoms with van der Waals surface area (Å²) in [5, 5.41) is 0.562. The summed E-state index contributed by atoms with van der Waals surface area (Å²) < 4.78 is 12.1. The molecule has 1 saturated carbocycles. The smallest absolute Gasteiger partial charge is 0.138 e. The molecule has 0 bridgehead atoms. The fraction of sp³-hybridized carbons (Fsp3) is 0.562. The van der Waals surface area contributed by atoms with E-state index < -0.39 is 0 Å². The Morgan fingerprint density at radius 2 is 2.14 bits per heavy atom. The van der Waals surface area contributed by atoms with Crippen molar-refractivity contribution in [3.8, 4) is 5.75 Å². The molecular formula is C16H20ClNO2S. The number of nitrogens with two attached hydrogens (primary N) is 1. The van der Waals surface area contributed by atoms with Crippen molar-refractivity contribution < 1.29 is 9.47 Å². The van der Waals surface area contributed by atoms with E-state index in [0.717, 1.165) is 37.9 Å². The van der Waals surface area contributed by atoms with E-state index in [1.807, 2.05) is 12.1 Å². The molecule has 0 aromatic heterocycles. The maximum Gasteiger partial charge on any atom is 0.138 e. The zero-order chi connectivity index (χ0) is 14.9. The van der Waals surface area contributed by atoms with Gasteiger partial charge in [0.2, 0.25) is 0 Å². The lowest BCUT2D eigenvalue weighted by molar-refractivity contribution is -0.108. The van der Waals surface area contributed by atoms with Crippen LogP contribution in [0.3, 0.4) is 0 Å². The minimum Gasteiger partial charge on any atom is -0.489 e. The van der Waals surface area contributed by atoms with Crippen molar-refractivity contribution >= 4 is 28.8 Å². The van der Waals surface area contributed by atoms with E-state index in [9.17, 15) is 0 Å². The highest BCUT2D eigenvalue weighted by Gasteiger charge is 2.40. The van der Waals surface area contributed by atoms with Crippen LogP contribution in [0, 0.1) is 0 Å². The van der Waals surface area contributed by atoms with E-state index in [1.54, 1.807) is 6.07 Å². The molecule has 114 valence electrons. The van der Waals surface area contributed by atoms with Crippen LogP contribution in [-0.4, -0.2) is 23.3 Å². The quantitative estimate of drug-likeness (QED) is 0.857. The van der Waals surface area contributed by atoms with Crippen molar-refractivity contribution in [3.05, 3.63) is 28.8 Å². The second-order valence-electron chi connectivity index (χ2n) is 5.98. The second kappa shape index (κ2) is 6.11. The number of thiocarbonyl (C=S) groups is 1. The van der Waals surface area contributed by atoms with Gasteiger partial charge >= 0.3 is 0 Å². The van der Waals surface area contributed by atoms with Crippen LogP contribution in [0.4, 0.5) is 0 Å². The summed E-state index contributed by atoms with van der Waals surface area (Å²) in [7, 11) is 0. The molecule has 1 aliphatic carbocycles. The highest BCUT2D eigenvalue weighted by atomic mass is 35.5. The van der Waals surface area contributed by atoms with Crippen molar-refractivity contribution in [2.45, 2.75) is 50.2 Å². The first-order valence-corrected chi connectivity index (χ1v) is 8.27. The van der Waals surface area contributed by atoms with Crippen molar-refractivity contribution in [1.82, 2.24) is 0 Å². The molecule has 2 aliphatic rings. The molecule has 1 aliphatic heterocycles. The van der Waals surface area contributed by atoms with Crippen molar-refractivity contribution in [1.29, 1.82) is 0 Å². The third-order valence-corrected chi connectivity index (χ3v) is 5.00. The lowest BCUT2D eigenvalue weighted by Crippen LogP contribution is -2.41. The molecule has 3 rings (SSSR count). The Bertz CT molecular complexity index is 543. The van der Waals surface area contributed by atoms with Crippen LogP contribution in [0.2, 0.25) is 5.02 Å². The van der Waals surface area contributed by atoms with Gasteiger partial charge in [-0.1, -0.05) is 36.7 Å². The SMILES string of the molecule is NC(=S)c1ccc(OC2CCOC3(CCCC3)C2)c(Cl)c1. The molecule has 0 amide bonds. The van der Waals surface area contributed by atoms with Crippen LogP contribution in [0.5, 0.6) is 5.75 Å². The molecule has 5 heteroatoms. The Balaban J connectivity index is 1.70. The average molecular weight is 326 g/mol. The van der Waals surface area contributed by atoms with E-state index in [2.05, 4.69) is 0 Å². The summed E-state index contributed by atoms with van der Waals surface area (Å²) in [6, 6.07) is 5.48. The van der Waals surface area contributed by atoms with Gasteiger partial charge in [0, 0.05) is 18.4 Å². The first-order valence-electron chi connectivity index (χ1n) is 7.48. The number of hydrogen-bond donors (Lipinski definition) is 1. The van der Waals surface area contributed by atoms with E-state index in [0.29, 0.717) is 15.8 Å². The molecule has 1 heterocycles. The number of ether oxygens (including phenoxy) is 2. The van der Waals surface area contributed by atoms with Gasteiger partial charge in [-0.2, -0.15) is 0 Å². The lowest BCUT2D eigenvalue weighted by Gasteiger charge is -2.38. The number of halogens is 1. The fourth-order valence-corrected chi connectivity index (χ4v) is 3.73. The third-order valence-electron chi connectivity index (χ3n) is 4.47. The second-order valence-corrected chi connectivity index (χ2v) is 6.83. The van der Waals surface area contributed by atoms with Gasteiger partial charge in [-0.3, -0.25) is 0 Å². The first-order chi connectivity index (χ1) is 10.1. The highest BCUT2D eigenvalue weighted by molar-refractivity contribution is 7.80. The maximum atomic E-state index is 6.27. The fourth-order valence-electron chi connectivity index (χ4n) is 3.38. The molecule has 2 fully saturated rings. The Hall–Kier alpha value is -0.840. The minimum atomic E-state index is 0.0498. The summed E-state index contributed by atoms with van der Waals surface area (Å²) in [5.74, 6) is 0.705. The monoisotopic (exact) mass is 325 g/mol. The van der Waals surface area contributed by atoms with Gasteiger partial charge in [0.1, 0.15) is 16.8 Å². The number of rotatable bonds is 3. The molecule has 1 unspecified atom stereocenters. The van der Waals surface area contributed by atoms with Crippen LogP contribution in [0.25, 0.3) is 0 Å². The lowest BCUT2D eigenvalue weighted by atomic mass is 9.90. The normalized spacial score (nSPS) is 24.1. The Labute approximate surface area is 135 Å². The van der Waals surface area contributed by atoms with Gasteiger partial charge in [-0.05, 0) is 31.0 Å². The Morgan fingerprint density at radius 3 is 2.81 bits per heavy atom. The predicted octanol–water partition coefficient (Wildman–Crippen LogP) is 3.84. The van der Waals surface area contributed by atoms with E-state index >= 15 is 0 Å². The number of hydrogen-bond acceptors (Lipinski definition) is 3. The van der Waals surface area contributed by atoms with Crippen LogP contribution in [-0.2, 0) is 4.74 Å². The topological polar surface area (TPSA) is 44.5 Å². The maximum absolute atomic E-state index is 6.27. The average Bonchev–Trinajstić information content (AvgIpc) is 2.89. The van der Waals surface area contributed by atoms with E-state index in [4.69, 9.17) is 39.0 Å². The molecule has 0 radical (unpaired) electrons. The zero-order valence-electron chi connectivity index (χ0n) is 11.9. The molecule has 1 spiro atoms. The standard InChI is InChI=1S/C16H20ClNO2S/c17-13-9-11(15(18)21)3-4-14(13)20-12-5-8-19-16(10-12)6-1-2-7-16/h3-4,9,12H,1-2,5-8,10H2,(H2,18,21). The zero-order valence-corrected chi connectivity index (χ0v) is 13.5. The first kappa shape index (κ1) is 15.1. The Morgan fingerprint density at radius 1 is 1.38 bits per heavy atom. The summed E-state index contributed by atoms with van der Waals surface area (Å²) in [5.41, 5.74) is 6.43. The molecule has 3 nitrogen and oxygen atoms in total. The summed E-state index contributed by atoms with van der Waals surface area (Å²) in [6.45, 7) is 0.771. The van der Waals surface area contributed by atoms with Gasteiger partial charge in [0.15, 0.2) is 0 Å². The number of benzene rings is 1. The van der Waals surface area contributed by atoms with Crippen LogP contribution in [0.1, 0.15) is 44.1 Å². The van der Waals surface area contributed by atoms with Crippen LogP contribution >= 0.6 is 23.8 Å². The summed E-state index contributed by atoms with van der Waals surface area (Å²) in [4.78, 5) is 0.347. The molecule has 1 aromatic rings.